The van der Waals surface area contributed by atoms with E-state index in [2.05, 4.69) is 24.4 Å². The number of alkyl halides is 1. The zero-order valence-corrected chi connectivity index (χ0v) is 8.69. The van der Waals surface area contributed by atoms with Crippen molar-refractivity contribution in [3.63, 3.8) is 0 Å². The number of hydrogen-bond donors (Lipinski definition) is 0. The van der Waals surface area contributed by atoms with Crippen molar-refractivity contribution in [3.8, 4) is 0 Å². The molecule has 0 rings (SSSR count). The highest BCUT2D eigenvalue weighted by Crippen LogP contribution is 1.73. The maximum absolute atomic E-state index is 5.08. The van der Waals surface area contributed by atoms with Crippen molar-refractivity contribution < 1.29 is 4.74 Å². The minimum Gasteiger partial charge on any atom is -0.366 e. The molecule has 0 aromatic carbocycles. The van der Waals surface area contributed by atoms with Crippen LogP contribution in [0.2, 0.25) is 19.6 Å². The van der Waals surface area contributed by atoms with E-state index in [0.717, 1.165) is 0 Å². The van der Waals surface area contributed by atoms with Gasteiger partial charge in [-0.3, -0.25) is 0 Å². The zero-order valence-electron chi connectivity index (χ0n) is 6.78. The molecule has 1 nitrogen and oxygen atoms in total. The molecule has 0 spiro atoms. The summed E-state index contributed by atoms with van der Waals surface area (Å²) >= 11 is 5.08. The Hall–Kier alpha value is 0.467. The second-order valence-corrected chi connectivity index (χ2v) is 6.02. The molecule has 0 aromatic heterocycles. The summed E-state index contributed by atoms with van der Waals surface area (Å²) in [7, 11) is -0.139. The van der Waals surface area contributed by atoms with Crippen molar-refractivity contribution in [2.45, 2.75) is 26.6 Å². The molecule has 0 N–H and O–H groups in total. The molecule has 0 saturated carbocycles. The Morgan fingerprint density at radius 2 is 1.67 bits per heavy atom. The van der Waals surface area contributed by atoms with E-state index >= 15 is 0 Å². The average molecular weight is 169 g/mol. The van der Waals surface area contributed by atoms with Crippen LogP contribution in [0.1, 0.15) is 6.92 Å². The quantitative estimate of drug-likeness (QED) is 0.455. The lowest BCUT2D eigenvalue weighted by Gasteiger charge is -1.84. The van der Waals surface area contributed by atoms with Crippen molar-refractivity contribution in [2.75, 3.05) is 12.7 Å². The lowest BCUT2D eigenvalue weighted by Crippen LogP contribution is -1.84. The van der Waals surface area contributed by atoms with Gasteiger partial charge in [0, 0.05) is 15.4 Å². The predicted molar refractivity (Wildman–Crippen MR) is 47.1 cm³/mol. The van der Waals surface area contributed by atoms with Gasteiger partial charge >= 0.3 is 0 Å². The van der Waals surface area contributed by atoms with Gasteiger partial charge in [-0.05, 0) is 6.92 Å². The first-order chi connectivity index (χ1) is 4.15. The smallest absolute Gasteiger partial charge is 0.120 e. The summed E-state index contributed by atoms with van der Waals surface area (Å²) in [6.45, 7) is 9.53. The minimum absolute atomic E-state index is 0.139. The van der Waals surface area contributed by atoms with Crippen molar-refractivity contribution in [1.29, 1.82) is 0 Å². The second kappa shape index (κ2) is 11.3. The first-order valence-corrected chi connectivity index (χ1v) is 7.28. The van der Waals surface area contributed by atoms with E-state index in [4.69, 9.17) is 11.6 Å². The van der Waals surface area contributed by atoms with E-state index in [1.807, 2.05) is 6.92 Å². The lowest BCUT2D eigenvalue weighted by atomic mass is 10.9. The van der Waals surface area contributed by atoms with Crippen LogP contribution in [0, 0.1) is 0 Å². The first-order valence-electron chi connectivity index (χ1n) is 3.28. The monoisotopic (exact) mass is 168 g/mol. The molecule has 0 bridgehead atoms. The van der Waals surface area contributed by atoms with E-state index in [9.17, 15) is 0 Å². The van der Waals surface area contributed by atoms with Crippen molar-refractivity contribution in [2.24, 2.45) is 0 Å². The highest BCUT2D eigenvalue weighted by Gasteiger charge is 1.71. The summed E-state index contributed by atoms with van der Waals surface area (Å²) in [6, 6.07) is 0.316. The van der Waals surface area contributed by atoms with Gasteiger partial charge in [0.15, 0.2) is 0 Å². The molecular weight excluding hydrogens is 152 g/mol. The molecule has 0 aliphatic heterocycles. The Kier molecular flexibility index (Phi) is 15.3. The van der Waals surface area contributed by atoms with Gasteiger partial charge in [-0.25, -0.2) is 0 Å². The number of hydrogen-bond acceptors (Lipinski definition) is 1. The van der Waals surface area contributed by atoms with E-state index in [1.165, 1.54) is 0 Å². The molecule has 0 fully saturated rings. The molecule has 0 radical (unpaired) electrons. The third-order valence-corrected chi connectivity index (χ3v) is 0.436. The summed E-state index contributed by atoms with van der Waals surface area (Å²) in [5, 5.41) is 0. The van der Waals surface area contributed by atoms with Gasteiger partial charge in [0.2, 0.25) is 0 Å². The SMILES string of the molecule is CCOCCl.C[SiH](C)C. The Morgan fingerprint density at radius 3 is 1.67 bits per heavy atom. The van der Waals surface area contributed by atoms with E-state index in [-0.39, 0.29) is 8.80 Å². The molecule has 58 valence electrons. The minimum atomic E-state index is -0.139. The van der Waals surface area contributed by atoms with Crippen molar-refractivity contribution in [3.05, 3.63) is 0 Å². The second-order valence-electron chi connectivity index (χ2n) is 2.33. The molecule has 0 amide bonds. The highest BCUT2D eigenvalue weighted by atomic mass is 35.5. The van der Waals surface area contributed by atoms with Gasteiger partial charge in [0.05, 0.1) is 0 Å². The highest BCUT2D eigenvalue weighted by molar-refractivity contribution is 6.54. The van der Waals surface area contributed by atoms with Crippen LogP contribution in [-0.2, 0) is 4.74 Å². The topological polar surface area (TPSA) is 9.23 Å². The number of ether oxygens (including phenoxy) is 1. The summed E-state index contributed by atoms with van der Waals surface area (Å²) < 4.78 is 4.60. The van der Waals surface area contributed by atoms with E-state index in [1.54, 1.807) is 0 Å². The van der Waals surface area contributed by atoms with Gasteiger partial charge in [0.25, 0.3) is 0 Å². The lowest BCUT2D eigenvalue weighted by molar-refractivity contribution is 0.195. The fourth-order valence-electron chi connectivity index (χ4n) is 0.0772. The van der Waals surface area contributed by atoms with Crippen LogP contribution in [0.15, 0.2) is 0 Å². The predicted octanol–water partition coefficient (Wildman–Crippen LogP) is 2.32. The van der Waals surface area contributed by atoms with E-state index < -0.39 is 0 Å². The Bertz CT molecular complexity index is 37.3. The Labute approximate surface area is 65.0 Å². The average Bonchev–Trinajstić information content (AvgIpc) is 1.66. The van der Waals surface area contributed by atoms with Crippen molar-refractivity contribution >= 4 is 20.4 Å². The zero-order chi connectivity index (χ0) is 7.70. The normalized spacial score (nSPS) is 8.67. The summed E-state index contributed by atoms with van der Waals surface area (Å²) in [5.41, 5.74) is 0. The van der Waals surface area contributed by atoms with Gasteiger partial charge < -0.3 is 4.74 Å². The molecule has 0 heterocycles. The summed E-state index contributed by atoms with van der Waals surface area (Å²) in [6.07, 6.45) is 0. The van der Waals surface area contributed by atoms with Crippen LogP contribution < -0.4 is 0 Å². The molecule has 0 aromatic rings. The third-order valence-electron chi connectivity index (χ3n) is 0.281. The van der Waals surface area contributed by atoms with Crippen LogP contribution in [0.25, 0.3) is 0 Å². The Balaban J connectivity index is 0. The first kappa shape index (κ1) is 12.2. The fraction of sp³-hybridized carbons (Fsp3) is 1.00. The molecule has 0 atom stereocenters. The maximum Gasteiger partial charge on any atom is 0.120 e. The molecule has 9 heavy (non-hydrogen) atoms. The summed E-state index contributed by atoms with van der Waals surface area (Å²) in [4.78, 5) is 0. The summed E-state index contributed by atoms with van der Waals surface area (Å²) in [5.74, 6) is 0. The standard InChI is InChI=1S/C3H7ClO.C3H10Si/c1-2-5-3-4;1-4(2)3/h2-3H2,1H3;4H,1-3H3. The molecule has 0 unspecified atom stereocenters. The van der Waals surface area contributed by atoms with Crippen LogP contribution in [0.5, 0.6) is 0 Å². The van der Waals surface area contributed by atoms with Crippen LogP contribution in [-0.4, -0.2) is 21.5 Å². The number of halogens is 1. The molecular formula is C6H17ClOSi. The van der Waals surface area contributed by atoms with Crippen LogP contribution >= 0.6 is 11.6 Å². The molecule has 0 saturated heterocycles. The van der Waals surface area contributed by atoms with Crippen LogP contribution in [0.3, 0.4) is 0 Å². The molecule has 3 heteroatoms. The number of rotatable bonds is 2. The largest absolute Gasteiger partial charge is 0.366 e. The van der Waals surface area contributed by atoms with E-state index in [0.29, 0.717) is 12.7 Å². The maximum atomic E-state index is 5.08. The van der Waals surface area contributed by atoms with Crippen molar-refractivity contribution in [1.82, 2.24) is 0 Å². The third kappa shape index (κ3) is 58.2. The van der Waals surface area contributed by atoms with Gasteiger partial charge in [-0.1, -0.05) is 31.2 Å². The van der Waals surface area contributed by atoms with Gasteiger partial charge in [-0.2, -0.15) is 0 Å². The Morgan fingerprint density at radius 1 is 1.33 bits per heavy atom. The van der Waals surface area contributed by atoms with Crippen LogP contribution in [0.4, 0.5) is 0 Å². The molecule has 0 aliphatic carbocycles. The molecule has 0 aliphatic rings. The van der Waals surface area contributed by atoms with Gasteiger partial charge in [0.1, 0.15) is 6.07 Å². The van der Waals surface area contributed by atoms with Gasteiger partial charge in [-0.15, -0.1) is 0 Å². The fourth-order valence-corrected chi connectivity index (χ4v) is 0.231.